The molecule has 2 rings (SSSR count). The second kappa shape index (κ2) is 5.38. The smallest absolute Gasteiger partial charge is 0.344 e. The average molecular weight is 263 g/mol. The van der Waals surface area contributed by atoms with Gasteiger partial charge in [-0.2, -0.15) is 5.10 Å². The molecule has 0 atom stereocenters. The zero-order chi connectivity index (χ0) is 13.8. The number of urea groups is 1. The molecule has 7 heteroatoms. The molecule has 1 aliphatic heterocycles. The van der Waals surface area contributed by atoms with Crippen molar-refractivity contribution in [3.8, 4) is 11.5 Å². The maximum absolute atomic E-state index is 11.3. The van der Waals surface area contributed by atoms with E-state index in [0.29, 0.717) is 17.1 Å². The minimum absolute atomic E-state index is 0.0817. The van der Waals surface area contributed by atoms with E-state index >= 15 is 0 Å². The molecule has 0 aliphatic carbocycles. The summed E-state index contributed by atoms with van der Waals surface area (Å²) in [6.45, 7) is -0.0817. The number of para-hydroxylation sites is 1. The van der Waals surface area contributed by atoms with Gasteiger partial charge in [0.2, 0.25) is 5.91 Å². The number of rotatable bonds is 4. The number of hydrazone groups is 1. The van der Waals surface area contributed by atoms with Crippen LogP contribution in [0.1, 0.15) is 5.56 Å². The summed E-state index contributed by atoms with van der Waals surface area (Å²) < 4.78 is 10.4. The summed E-state index contributed by atoms with van der Waals surface area (Å²) in [5, 5.41) is 7.12. The van der Waals surface area contributed by atoms with Gasteiger partial charge in [0, 0.05) is 5.56 Å². The molecule has 0 unspecified atom stereocenters. The van der Waals surface area contributed by atoms with Crippen LogP contribution in [0.5, 0.6) is 11.5 Å². The quantitative estimate of drug-likeness (QED) is 0.637. The van der Waals surface area contributed by atoms with Crippen molar-refractivity contribution in [2.75, 3.05) is 20.8 Å². The van der Waals surface area contributed by atoms with E-state index in [4.69, 9.17) is 9.47 Å². The Morgan fingerprint density at radius 3 is 2.68 bits per heavy atom. The van der Waals surface area contributed by atoms with Crippen molar-refractivity contribution < 1.29 is 19.1 Å². The largest absolute Gasteiger partial charge is 0.493 e. The van der Waals surface area contributed by atoms with E-state index in [1.165, 1.54) is 20.4 Å². The molecule has 100 valence electrons. The molecule has 0 spiro atoms. The highest BCUT2D eigenvalue weighted by atomic mass is 16.5. The van der Waals surface area contributed by atoms with Gasteiger partial charge in [-0.1, -0.05) is 6.07 Å². The third kappa shape index (κ3) is 2.65. The van der Waals surface area contributed by atoms with Gasteiger partial charge in [0.25, 0.3) is 0 Å². The van der Waals surface area contributed by atoms with Gasteiger partial charge in [-0.3, -0.25) is 10.1 Å². The second-order valence-corrected chi connectivity index (χ2v) is 3.74. The summed E-state index contributed by atoms with van der Waals surface area (Å²) in [6, 6.07) is 4.75. The normalized spacial score (nSPS) is 14.9. The van der Waals surface area contributed by atoms with E-state index in [-0.39, 0.29) is 12.5 Å². The molecule has 7 nitrogen and oxygen atoms in total. The highest BCUT2D eigenvalue weighted by Gasteiger charge is 2.26. The number of benzene rings is 1. The maximum atomic E-state index is 11.3. The van der Waals surface area contributed by atoms with Crippen LogP contribution in [-0.4, -0.2) is 43.9 Å². The molecule has 1 aromatic rings. The maximum Gasteiger partial charge on any atom is 0.344 e. The Bertz CT molecular complexity index is 542. The lowest BCUT2D eigenvalue weighted by molar-refractivity contribution is -0.118. The summed E-state index contributed by atoms with van der Waals surface area (Å²) in [7, 11) is 3.05. The highest BCUT2D eigenvalue weighted by molar-refractivity contribution is 6.02. The van der Waals surface area contributed by atoms with Crippen molar-refractivity contribution in [1.29, 1.82) is 0 Å². The molecule has 1 N–H and O–H groups in total. The molecule has 0 radical (unpaired) electrons. The lowest BCUT2D eigenvalue weighted by Crippen LogP contribution is -2.24. The number of hydrogen-bond donors (Lipinski definition) is 1. The van der Waals surface area contributed by atoms with Crippen LogP contribution in [0.25, 0.3) is 0 Å². The van der Waals surface area contributed by atoms with E-state index in [1.54, 1.807) is 18.2 Å². The predicted molar refractivity (Wildman–Crippen MR) is 67.4 cm³/mol. The molecule has 1 aliphatic rings. The molecule has 1 saturated heterocycles. The SMILES string of the molecule is COc1cccc(/C=N\N2CC(=O)NC2=O)c1OC. The van der Waals surface area contributed by atoms with Crippen LogP contribution in [0.4, 0.5) is 4.79 Å². The molecule has 1 fully saturated rings. The highest BCUT2D eigenvalue weighted by Crippen LogP contribution is 2.29. The zero-order valence-corrected chi connectivity index (χ0v) is 10.5. The number of imide groups is 1. The van der Waals surface area contributed by atoms with Crippen molar-refractivity contribution in [3.63, 3.8) is 0 Å². The van der Waals surface area contributed by atoms with Crippen molar-refractivity contribution in [2.24, 2.45) is 5.10 Å². The first-order valence-corrected chi connectivity index (χ1v) is 5.52. The second-order valence-electron chi connectivity index (χ2n) is 3.74. The number of hydrogen-bond acceptors (Lipinski definition) is 5. The minimum atomic E-state index is -0.539. The molecule has 0 saturated carbocycles. The van der Waals surface area contributed by atoms with Crippen LogP contribution in [0.2, 0.25) is 0 Å². The first kappa shape index (κ1) is 12.9. The average Bonchev–Trinajstić information content (AvgIpc) is 2.73. The van der Waals surface area contributed by atoms with Crippen LogP contribution >= 0.6 is 0 Å². The van der Waals surface area contributed by atoms with Gasteiger partial charge < -0.3 is 9.47 Å². The van der Waals surface area contributed by atoms with E-state index in [9.17, 15) is 9.59 Å². The van der Waals surface area contributed by atoms with Gasteiger partial charge >= 0.3 is 6.03 Å². The van der Waals surface area contributed by atoms with Crippen LogP contribution in [0.3, 0.4) is 0 Å². The van der Waals surface area contributed by atoms with Crippen molar-refractivity contribution in [2.45, 2.75) is 0 Å². The lowest BCUT2D eigenvalue weighted by Gasteiger charge is -2.10. The topological polar surface area (TPSA) is 80.2 Å². The Morgan fingerprint density at radius 2 is 2.11 bits per heavy atom. The number of amides is 3. The molecule has 19 heavy (non-hydrogen) atoms. The number of methoxy groups -OCH3 is 2. The number of carbonyl (C=O) groups excluding carboxylic acids is 2. The Hall–Kier alpha value is -2.57. The molecular weight excluding hydrogens is 250 g/mol. The number of nitrogens with one attached hydrogen (secondary N) is 1. The van der Waals surface area contributed by atoms with E-state index in [1.807, 2.05) is 0 Å². The minimum Gasteiger partial charge on any atom is -0.493 e. The standard InChI is InChI=1S/C12H13N3O4/c1-18-9-5-3-4-8(11(9)19-2)6-13-15-7-10(16)14-12(15)17/h3-6H,7H2,1-2H3,(H,14,16,17)/b13-6-. The van der Waals surface area contributed by atoms with Gasteiger partial charge in [0.1, 0.15) is 6.54 Å². The molecule has 3 amide bonds. The third-order valence-electron chi connectivity index (χ3n) is 2.54. The molecule has 1 aromatic carbocycles. The molecule has 1 heterocycles. The van der Waals surface area contributed by atoms with Gasteiger partial charge in [-0.05, 0) is 12.1 Å². The Labute approximate surface area is 109 Å². The van der Waals surface area contributed by atoms with Crippen molar-refractivity contribution in [1.82, 2.24) is 10.3 Å². The van der Waals surface area contributed by atoms with Gasteiger partial charge in [-0.25, -0.2) is 9.80 Å². The van der Waals surface area contributed by atoms with Crippen molar-refractivity contribution in [3.05, 3.63) is 23.8 Å². The Morgan fingerprint density at radius 1 is 1.32 bits per heavy atom. The fourth-order valence-corrected chi connectivity index (χ4v) is 1.67. The lowest BCUT2D eigenvalue weighted by atomic mass is 10.2. The van der Waals surface area contributed by atoms with Crippen LogP contribution in [0, 0.1) is 0 Å². The van der Waals surface area contributed by atoms with Crippen LogP contribution in [0.15, 0.2) is 23.3 Å². The van der Waals surface area contributed by atoms with Crippen LogP contribution in [-0.2, 0) is 4.79 Å². The Balaban J connectivity index is 2.23. The van der Waals surface area contributed by atoms with E-state index < -0.39 is 6.03 Å². The summed E-state index contributed by atoms with van der Waals surface area (Å²) in [5.41, 5.74) is 0.647. The zero-order valence-electron chi connectivity index (χ0n) is 10.5. The Kier molecular flexibility index (Phi) is 3.65. The number of carbonyl (C=O) groups is 2. The molecular formula is C12H13N3O4. The van der Waals surface area contributed by atoms with Gasteiger partial charge in [0.05, 0.1) is 20.4 Å². The number of ether oxygens (including phenoxy) is 2. The number of nitrogens with zero attached hydrogens (tertiary/aromatic N) is 2. The first-order chi connectivity index (χ1) is 9.15. The van der Waals surface area contributed by atoms with Crippen LogP contribution < -0.4 is 14.8 Å². The molecule has 0 aromatic heterocycles. The predicted octanol–water partition coefficient (Wildman–Crippen LogP) is 0.589. The van der Waals surface area contributed by atoms with Gasteiger partial charge in [0.15, 0.2) is 11.5 Å². The third-order valence-corrected chi connectivity index (χ3v) is 2.54. The first-order valence-electron chi connectivity index (χ1n) is 5.52. The van der Waals surface area contributed by atoms with E-state index in [0.717, 1.165) is 5.01 Å². The fraction of sp³-hybridized carbons (Fsp3) is 0.250. The van der Waals surface area contributed by atoms with E-state index in [2.05, 4.69) is 10.4 Å². The summed E-state index contributed by atoms with van der Waals surface area (Å²) in [5.74, 6) is 0.702. The summed E-state index contributed by atoms with van der Waals surface area (Å²) >= 11 is 0. The monoisotopic (exact) mass is 263 g/mol. The summed E-state index contributed by atoms with van der Waals surface area (Å²) in [4.78, 5) is 22.3. The fourth-order valence-electron chi connectivity index (χ4n) is 1.67. The summed E-state index contributed by atoms with van der Waals surface area (Å²) in [6.07, 6.45) is 1.44. The van der Waals surface area contributed by atoms with Crippen molar-refractivity contribution >= 4 is 18.2 Å². The van der Waals surface area contributed by atoms with Gasteiger partial charge in [-0.15, -0.1) is 0 Å². The molecule has 0 bridgehead atoms.